The van der Waals surface area contributed by atoms with E-state index in [1.165, 1.54) is 12.1 Å². The topological polar surface area (TPSA) is 92.1 Å². The van der Waals surface area contributed by atoms with Crippen molar-refractivity contribution >= 4 is 11.8 Å². The Balaban J connectivity index is 3.02. The van der Waals surface area contributed by atoms with Gasteiger partial charge in [0.05, 0.1) is 18.7 Å². The number of benzene rings is 1. The van der Waals surface area contributed by atoms with Crippen molar-refractivity contribution in [3.8, 4) is 0 Å². The summed E-state index contributed by atoms with van der Waals surface area (Å²) in [7, 11) is 0. The van der Waals surface area contributed by atoms with Gasteiger partial charge in [-0.1, -0.05) is 23.3 Å². The Morgan fingerprint density at radius 3 is 2.59 bits per heavy atom. The highest BCUT2D eigenvalue weighted by molar-refractivity contribution is 6.07. The van der Waals surface area contributed by atoms with E-state index in [0.717, 1.165) is 0 Å². The number of hydrogen-bond acceptors (Lipinski definition) is 4. The molecule has 1 aromatic rings. The number of carbonyl (C=O) groups is 2. The second-order valence-corrected chi connectivity index (χ2v) is 3.08. The number of ether oxygens (including phenoxy) is 1. The molecular formula is C11H11N3O3. The third-order valence-electron chi connectivity index (χ3n) is 2.00. The molecule has 6 heteroatoms. The Bertz CT molecular complexity index is 479. The molecule has 1 rings (SSSR count). The quantitative estimate of drug-likeness (QED) is 0.257. The molecule has 0 N–H and O–H groups in total. The summed E-state index contributed by atoms with van der Waals surface area (Å²) in [6.07, 6.45) is 0. The van der Waals surface area contributed by atoms with E-state index >= 15 is 0 Å². The third kappa shape index (κ3) is 3.32. The zero-order chi connectivity index (χ0) is 12.7. The molecule has 0 unspecified atom stereocenters. The van der Waals surface area contributed by atoms with Gasteiger partial charge in [-0.25, -0.2) is 4.79 Å². The number of Topliss-reactive ketones (excluding diaryl/α,β-unsaturated/α-hetero) is 1. The monoisotopic (exact) mass is 233 g/mol. The Morgan fingerprint density at radius 2 is 2.00 bits per heavy atom. The maximum Gasteiger partial charge on any atom is 0.338 e. The smallest absolute Gasteiger partial charge is 0.338 e. The molecule has 0 bridgehead atoms. The van der Waals surface area contributed by atoms with Crippen molar-refractivity contribution in [1.82, 2.24) is 0 Å². The van der Waals surface area contributed by atoms with Gasteiger partial charge in [-0.3, -0.25) is 4.79 Å². The fourth-order valence-corrected chi connectivity index (χ4v) is 1.29. The molecule has 0 aliphatic rings. The molecule has 88 valence electrons. The lowest BCUT2D eigenvalue weighted by atomic mass is 10.0. The summed E-state index contributed by atoms with van der Waals surface area (Å²) in [6, 6.07) is 6.27. The molecule has 0 saturated heterocycles. The van der Waals surface area contributed by atoms with Gasteiger partial charge >= 0.3 is 5.97 Å². The summed E-state index contributed by atoms with van der Waals surface area (Å²) in [5.41, 5.74) is 8.53. The standard InChI is InChI=1S/C11H11N3O3/c1-2-17-11(16)9-6-4-3-5-8(9)10(15)7-13-14-12/h3-6H,2,7H2,1H3. The van der Waals surface area contributed by atoms with E-state index in [-0.39, 0.29) is 24.3 Å². The second-order valence-electron chi connectivity index (χ2n) is 3.08. The minimum Gasteiger partial charge on any atom is -0.462 e. The summed E-state index contributed by atoms with van der Waals surface area (Å²) < 4.78 is 4.83. The molecule has 1 aromatic carbocycles. The zero-order valence-corrected chi connectivity index (χ0v) is 9.29. The Hall–Kier alpha value is -2.33. The fourth-order valence-electron chi connectivity index (χ4n) is 1.29. The first-order valence-corrected chi connectivity index (χ1v) is 5.01. The highest BCUT2D eigenvalue weighted by Crippen LogP contribution is 2.11. The molecule has 6 nitrogen and oxygen atoms in total. The lowest BCUT2D eigenvalue weighted by Gasteiger charge is -2.06. The predicted molar refractivity (Wildman–Crippen MR) is 60.7 cm³/mol. The average Bonchev–Trinajstić information content (AvgIpc) is 2.36. The van der Waals surface area contributed by atoms with Crippen LogP contribution in [0.4, 0.5) is 0 Å². The maximum absolute atomic E-state index is 11.7. The molecular weight excluding hydrogens is 222 g/mol. The largest absolute Gasteiger partial charge is 0.462 e. The molecule has 0 amide bonds. The zero-order valence-electron chi connectivity index (χ0n) is 9.29. The van der Waals surface area contributed by atoms with Crippen molar-refractivity contribution in [1.29, 1.82) is 0 Å². The normalized spacial score (nSPS) is 9.24. The maximum atomic E-state index is 11.7. The van der Waals surface area contributed by atoms with E-state index in [9.17, 15) is 9.59 Å². The van der Waals surface area contributed by atoms with E-state index in [1.54, 1.807) is 19.1 Å². The van der Waals surface area contributed by atoms with Crippen molar-refractivity contribution in [2.24, 2.45) is 5.11 Å². The van der Waals surface area contributed by atoms with Crippen molar-refractivity contribution in [2.75, 3.05) is 13.2 Å². The van der Waals surface area contributed by atoms with Crippen LogP contribution in [0.3, 0.4) is 0 Å². The van der Waals surface area contributed by atoms with Gasteiger partial charge < -0.3 is 4.74 Å². The molecule has 0 aliphatic heterocycles. The number of ketones is 1. The molecule has 0 saturated carbocycles. The second kappa shape index (κ2) is 6.30. The van der Waals surface area contributed by atoms with Gasteiger partial charge in [0.15, 0.2) is 5.78 Å². The number of rotatable bonds is 5. The minimum absolute atomic E-state index is 0.187. The van der Waals surface area contributed by atoms with Crippen molar-refractivity contribution in [3.63, 3.8) is 0 Å². The van der Waals surface area contributed by atoms with E-state index in [2.05, 4.69) is 10.0 Å². The lowest BCUT2D eigenvalue weighted by Crippen LogP contribution is -2.13. The SMILES string of the molecule is CCOC(=O)c1ccccc1C(=O)CN=[N+]=[N-]. The van der Waals surface area contributed by atoms with E-state index in [1.807, 2.05) is 0 Å². The van der Waals surface area contributed by atoms with Crippen LogP contribution in [0.1, 0.15) is 27.6 Å². The van der Waals surface area contributed by atoms with Crippen LogP contribution in [0.5, 0.6) is 0 Å². The van der Waals surface area contributed by atoms with Crippen molar-refractivity contribution < 1.29 is 14.3 Å². The van der Waals surface area contributed by atoms with Gasteiger partial charge in [-0.05, 0) is 18.5 Å². The Labute approximate surface area is 97.8 Å². The summed E-state index contributed by atoms with van der Waals surface area (Å²) in [6.45, 7) is 1.60. The third-order valence-corrected chi connectivity index (χ3v) is 2.00. The van der Waals surface area contributed by atoms with Crippen LogP contribution in [0.25, 0.3) is 10.4 Å². The summed E-state index contributed by atoms with van der Waals surface area (Å²) in [5.74, 6) is -0.969. The first-order valence-electron chi connectivity index (χ1n) is 5.01. The van der Waals surface area contributed by atoms with Gasteiger partial charge in [0, 0.05) is 10.5 Å². The minimum atomic E-state index is -0.558. The fraction of sp³-hybridized carbons (Fsp3) is 0.273. The van der Waals surface area contributed by atoms with Gasteiger partial charge in [0.2, 0.25) is 0 Å². The highest BCUT2D eigenvalue weighted by Gasteiger charge is 2.16. The van der Waals surface area contributed by atoms with Crippen molar-refractivity contribution in [3.05, 3.63) is 45.8 Å². The molecule has 0 radical (unpaired) electrons. The van der Waals surface area contributed by atoms with E-state index in [4.69, 9.17) is 10.3 Å². The first-order chi connectivity index (χ1) is 8.20. The van der Waals surface area contributed by atoms with Crippen LogP contribution < -0.4 is 0 Å². The number of esters is 1. The number of carbonyl (C=O) groups excluding carboxylic acids is 2. The van der Waals surface area contributed by atoms with Gasteiger partial charge in [0.25, 0.3) is 0 Å². The molecule has 0 heterocycles. The van der Waals surface area contributed by atoms with Crippen LogP contribution in [0.15, 0.2) is 29.4 Å². The van der Waals surface area contributed by atoms with Gasteiger partial charge in [0.1, 0.15) is 0 Å². The number of azide groups is 1. The van der Waals surface area contributed by atoms with Crippen LogP contribution in [-0.4, -0.2) is 24.9 Å². The number of nitrogens with zero attached hydrogens (tertiary/aromatic N) is 3. The molecule has 0 aromatic heterocycles. The number of hydrogen-bond donors (Lipinski definition) is 0. The molecule has 17 heavy (non-hydrogen) atoms. The van der Waals surface area contributed by atoms with Gasteiger partial charge in [-0.15, -0.1) is 0 Å². The lowest BCUT2D eigenvalue weighted by molar-refractivity contribution is 0.0523. The van der Waals surface area contributed by atoms with E-state index in [0.29, 0.717) is 0 Å². The highest BCUT2D eigenvalue weighted by atomic mass is 16.5. The Kier molecular flexibility index (Phi) is 4.72. The summed E-state index contributed by atoms with van der Waals surface area (Å²) >= 11 is 0. The van der Waals surface area contributed by atoms with E-state index < -0.39 is 11.8 Å². The van der Waals surface area contributed by atoms with Crippen LogP contribution in [-0.2, 0) is 4.74 Å². The molecule has 0 aliphatic carbocycles. The first kappa shape index (κ1) is 12.7. The predicted octanol–water partition coefficient (Wildman–Crippen LogP) is 2.36. The summed E-state index contributed by atoms with van der Waals surface area (Å²) in [5, 5.41) is 3.17. The molecule has 0 fully saturated rings. The van der Waals surface area contributed by atoms with Crippen LogP contribution in [0.2, 0.25) is 0 Å². The van der Waals surface area contributed by atoms with Crippen LogP contribution >= 0.6 is 0 Å². The summed E-state index contributed by atoms with van der Waals surface area (Å²) in [4.78, 5) is 25.7. The van der Waals surface area contributed by atoms with Crippen LogP contribution in [0, 0.1) is 0 Å². The van der Waals surface area contributed by atoms with Crippen molar-refractivity contribution in [2.45, 2.75) is 6.92 Å². The van der Waals surface area contributed by atoms with Gasteiger partial charge in [-0.2, -0.15) is 0 Å². The molecule has 0 spiro atoms. The Morgan fingerprint density at radius 1 is 1.35 bits per heavy atom. The average molecular weight is 233 g/mol. The molecule has 0 atom stereocenters.